The van der Waals surface area contributed by atoms with Gasteiger partial charge in [-0.25, -0.2) is 0 Å². The first-order valence-electron chi connectivity index (χ1n) is 10.6. The molecule has 0 aliphatic rings. The monoisotopic (exact) mass is 415 g/mol. The summed E-state index contributed by atoms with van der Waals surface area (Å²) in [5, 5.41) is 0. The summed E-state index contributed by atoms with van der Waals surface area (Å²) < 4.78 is 0.378. The van der Waals surface area contributed by atoms with Crippen molar-refractivity contribution in [2.75, 3.05) is 36.0 Å². The molecule has 160 valence electrons. The Morgan fingerprint density at radius 1 is 0.655 bits per heavy atom. The van der Waals surface area contributed by atoms with E-state index in [4.69, 9.17) is 12.2 Å². The fraction of sp³-hybridized carbons (Fsp3) is 0.522. The van der Waals surface area contributed by atoms with E-state index in [1.165, 1.54) is 0 Å². The van der Waals surface area contributed by atoms with Gasteiger partial charge in [0.2, 0.25) is 16.7 Å². The standard InChI is InChI=1S/C23H37N5S/c1-5-9-13-17-27(18-14-10-6-2)21-24-22(26-23(29)25-21)28(19-15-11-7-3)20-16-12-8-4/h5-8H,1-4,9-20H2,(H,24,25,26,29). The van der Waals surface area contributed by atoms with Gasteiger partial charge in [-0.3, -0.25) is 4.98 Å². The lowest BCUT2D eigenvalue weighted by molar-refractivity contribution is 0.662. The lowest BCUT2D eigenvalue weighted by atomic mass is 10.2. The van der Waals surface area contributed by atoms with Gasteiger partial charge in [-0.05, 0) is 63.6 Å². The number of allylic oxidation sites excluding steroid dienone is 4. The molecular formula is C23H37N5S. The van der Waals surface area contributed by atoms with E-state index >= 15 is 0 Å². The van der Waals surface area contributed by atoms with Gasteiger partial charge in [0.25, 0.3) is 0 Å². The number of nitrogens with one attached hydrogen (secondary N) is 1. The van der Waals surface area contributed by atoms with Gasteiger partial charge in [-0.15, -0.1) is 26.3 Å². The lowest BCUT2D eigenvalue weighted by Crippen LogP contribution is -2.31. The fourth-order valence-corrected chi connectivity index (χ4v) is 3.19. The zero-order valence-corrected chi connectivity index (χ0v) is 18.6. The average Bonchev–Trinajstić information content (AvgIpc) is 2.71. The van der Waals surface area contributed by atoms with E-state index in [2.05, 4.69) is 51.1 Å². The van der Waals surface area contributed by atoms with E-state index < -0.39 is 0 Å². The molecular weight excluding hydrogens is 378 g/mol. The minimum Gasteiger partial charge on any atom is -0.342 e. The molecule has 0 aliphatic heterocycles. The molecule has 1 aromatic heterocycles. The molecule has 0 bridgehead atoms. The zero-order chi connectivity index (χ0) is 21.3. The van der Waals surface area contributed by atoms with Crippen LogP contribution in [0.3, 0.4) is 0 Å². The van der Waals surface area contributed by atoms with E-state index in [9.17, 15) is 0 Å². The molecule has 0 spiro atoms. The highest BCUT2D eigenvalue weighted by Gasteiger charge is 2.14. The molecule has 0 fully saturated rings. The zero-order valence-electron chi connectivity index (χ0n) is 17.8. The molecule has 0 aromatic carbocycles. The first-order valence-corrected chi connectivity index (χ1v) is 11.0. The average molecular weight is 416 g/mol. The van der Waals surface area contributed by atoms with Crippen molar-refractivity contribution in [3.8, 4) is 0 Å². The second-order valence-electron chi connectivity index (χ2n) is 6.98. The van der Waals surface area contributed by atoms with Crippen LogP contribution in [0.5, 0.6) is 0 Å². The molecule has 29 heavy (non-hydrogen) atoms. The summed E-state index contributed by atoms with van der Waals surface area (Å²) >= 11 is 5.41. The third-order valence-electron chi connectivity index (χ3n) is 4.57. The highest BCUT2D eigenvalue weighted by atomic mass is 32.1. The fourth-order valence-electron chi connectivity index (χ4n) is 3.01. The van der Waals surface area contributed by atoms with Crippen LogP contribution in [0.2, 0.25) is 0 Å². The molecule has 1 N–H and O–H groups in total. The first kappa shape index (κ1) is 24.8. The van der Waals surface area contributed by atoms with Crippen LogP contribution in [0.15, 0.2) is 50.6 Å². The van der Waals surface area contributed by atoms with Crippen LogP contribution < -0.4 is 9.80 Å². The van der Waals surface area contributed by atoms with Crippen LogP contribution in [0.25, 0.3) is 0 Å². The van der Waals surface area contributed by atoms with E-state index in [1.54, 1.807) is 0 Å². The summed E-state index contributed by atoms with van der Waals surface area (Å²) in [4.78, 5) is 17.0. The van der Waals surface area contributed by atoms with Gasteiger partial charge in [0, 0.05) is 26.2 Å². The predicted octanol–water partition coefficient (Wildman–Crippen LogP) is 6.01. The maximum absolute atomic E-state index is 5.41. The van der Waals surface area contributed by atoms with Crippen molar-refractivity contribution in [3.05, 3.63) is 55.4 Å². The number of unbranched alkanes of at least 4 members (excludes halogenated alkanes) is 4. The van der Waals surface area contributed by atoms with E-state index in [0.717, 1.165) is 89.4 Å². The number of H-pyrrole nitrogens is 1. The maximum atomic E-state index is 5.41. The molecule has 1 rings (SSSR count). The Morgan fingerprint density at radius 3 is 1.24 bits per heavy atom. The molecule has 0 saturated heterocycles. The van der Waals surface area contributed by atoms with Crippen molar-refractivity contribution in [1.82, 2.24) is 15.0 Å². The second kappa shape index (κ2) is 15.7. The summed E-state index contributed by atoms with van der Waals surface area (Å²) in [6.45, 7) is 18.9. The molecule has 6 heteroatoms. The van der Waals surface area contributed by atoms with Gasteiger partial charge in [-0.2, -0.15) is 9.97 Å². The van der Waals surface area contributed by atoms with Crippen LogP contribution in [0, 0.1) is 4.77 Å². The third kappa shape index (κ3) is 10.2. The molecule has 0 saturated carbocycles. The number of aromatic nitrogens is 3. The predicted molar refractivity (Wildman–Crippen MR) is 129 cm³/mol. The number of aromatic amines is 1. The van der Waals surface area contributed by atoms with Gasteiger partial charge in [0.05, 0.1) is 0 Å². The smallest absolute Gasteiger partial charge is 0.225 e. The summed E-state index contributed by atoms with van der Waals surface area (Å²) in [7, 11) is 0. The summed E-state index contributed by atoms with van der Waals surface area (Å²) in [6.07, 6.45) is 15.8. The highest BCUT2D eigenvalue weighted by molar-refractivity contribution is 7.71. The van der Waals surface area contributed by atoms with Crippen LogP contribution in [-0.2, 0) is 0 Å². The molecule has 0 aliphatic carbocycles. The normalized spacial score (nSPS) is 10.3. The Morgan fingerprint density at radius 2 is 0.966 bits per heavy atom. The minimum atomic E-state index is 0.378. The first-order chi connectivity index (χ1) is 14.2. The van der Waals surface area contributed by atoms with Crippen molar-refractivity contribution in [1.29, 1.82) is 0 Å². The SMILES string of the molecule is C=CCCCN(CCCC=C)c1nc(=S)nc(N(CCCC=C)CCCC=C)[nH]1. The largest absolute Gasteiger partial charge is 0.342 e. The summed E-state index contributed by atoms with van der Waals surface area (Å²) in [5.41, 5.74) is 0. The second-order valence-corrected chi connectivity index (χ2v) is 7.34. The van der Waals surface area contributed by atoms with E-state index in [1.807, 2.05) is 24.3 Å². The van der Waals surface area contributed by atoms with Gasteiger partial charge in [-0.1, -0.05) is 24.3 Å². The number of hydrogen-bond acceptors (Lipinski definition) is 5. The van der Waals surface area contributed by atoms with Gasteiger partial charge in [0.1, 0.15) is 0 Å². The molecule has 0 radical (unpaired) electrons. The maximum Gasteiger partial charge on any atom is 0.225 e. The summed E-state index contributed by atoms with van der Waals surface area (Å²) in [6, 6.07) is 0. The van der Waals surface area contributed by atoms with Crippen molar-refractivity contribution in [2.24, 2.45) is 0 Å². The van der Waals surface area contributed by atoms with Crippen LogP contribution in [0.1, 0.15) is 51.4 Å². The van der Waals surface area contributed by atoms with Gasteiger partial charge in [0.15, 0.2) is 0 Å². The molecule has 5 nitrogen and oxygen atoms in total. The van der Waals surface area contributed by atoms with Crippen LogP contribution in [0.4, 0.5) is 11.9 Å². The number of anilines is 2. The Kier molecular flexibility index (Phi) is 13.4. The van der Waals surface area contributed by atoms with Crippen molar-refractivity contribution < 1.29 is 0 Å². The highest BCUT2D eigenvalue weighted by Crippen LogP contribution is 2.16. The quantitative estimate of drug-likeness (QED) is 0.181. The van der Waals surface area contributed by atoms with Crippen LogP contribution >= 0.6 is 12.2 Å². The third-order valence-corrected chi connectivity index (χ3v) is 4.75. The van der Waals surface area contributed by atoms with E-state index in [-0.39, 0.29) is 0 Å². The molecule has 1 aromatic rings. The Labute approximate surface area is 182 Å². The molecule has 1 heterocycles. The van der Waals surface area contributed by atoms with Crippen molar-refractivity contribution >= 4 is 24.1 Å². The Hall–Kier alpha value is -2.21. The van der Waals surface area contributed by atoms with Crippen molar-refractivity contribution in [3.63, 3.8) is 0 Å². The van der Waals surface area contributed by atoms with Crippen LogP contribution in [-0.4, -0.2) is 41.1 Å². The number of hydrogen-bond donors (Lipinski definition) is 1. The topological polar surface area (TPSA) is 48.1 Å². The lowest BCUT2D eigenvalue weighted by Gasteiger charge is -2.27. The molecule has 0 atom stereocenters. The van der Waals surface area contributed by atoms with Gasteiger partial charge < -0.3 is 9.80 Å². The summed E-state index contributed by atoms with van der Waals surface area (Å²) in [5.74, 6) is 1.59. The molecule has 0 amide bonds. The Bertz CT molecular complexity index is 601. The Balaban J connectivity index is 3.06. The minimum absolute atomic E-state index is 0.378. The van der Waals surface area contributed by atoms with Crippen molar-refractivity contribution in [2.45, 2.75) is 51.4 Å². The van der Waals surface area contributed by atoms with E-state index in [0.29, 0.717) is 4.77 Å². The number of nitrogens with zero attached hydrogens (tertiary/aromatic N) is 4. The molecule has 0 unspecified atom stereocenters. The number of rotatable bonds is 18. The van der Waals surface area contributed by atoms with Gasteiger partial charge >= 0.3 is 0 Å².